The summed E-state index contributed by atoms with van der Waals surface area (Å²) in [5, 5.41) is 3.25. The van der Waals surface area contributed by atoms with Gasteiger partial charge in [0.05, 0.1) is 36.5 Å². The lowest BCUT2D eigenvalue weighted by atomic mass is 9.79. The summed E-state index contributed by atoms with van der Waals surface area (Å²) in [5.74, 6) is -1.58. The fourth-order valence-electron chi connectivity index (χ4n) is 5.74. The van der Waals surface area contributed by atoms with Gasteiger partial charge in [0, 0.05) is 49.7 Å². The van der Waals surface area contributed by atoms with Gasteiger partial charge in [-0.25, -0.2) is 9.59 Å². The minimum atomic E-state index is -3.09. The Hall–Kier alpha value is -4.12. The average Bonchev–Trinajstić information content (AvgIpc) is 3.04. The summed E-state index contributed by atoms with van der Waals surface area (Å²) >= 11 is 0. The number of hydrogen-bond donors (Lipinski definition) is 1. The summed E-state index contributed by atoms with van der Waals surface area (Å²) in [6.45, 7) is 6.21. The Kier molecular flexibility index (Phi) is 11.6. The lowest BCUT2D eigenvalue weighted by Crippen LogP contribution is -2.47. The third-order valence-corrected chi connectivity index (χ3v) is 7.84. The van der Waals surface area contributed by atoms with E-state index in [1.54, 1.807) is 32.2 Å². The second-order valence-electron chi connectivity index (χ2n) is 10.3. The Bertz CT molecular complexity index is 1370. The lowest BCUT2D eigenvalue weighted by Gasteiger charge is -2.36. The first kappa shape index (κ1) is 32.8. The summed E-state index contributed by atoms with van der Waals surface area (Å²) in [6, 6.07) is 14.1. The zero-order chi connectivity index (χ0) is 31.6. The smallest absolute Gasteiger partial charge is 0.387 e. The van der Waals surface area contributed by atoms with Crippen molar-refractivity contribution in [2.75, 3.05) is 57.9 Å². The molecule has 238 valence electrons. The standard InChI is InChI=1S/C33H41F2N3O6/c1-5-23-29(31(39)42-7-3)28(22-12-8-10-14-26(22)44-33(34)35)30(24(6-2)36-23)32(40)43-21-20-37-16-18-38(19-17-37)25-13-9-11-15-27(25)41-4/h8-15,28,33,36H,5-7,16-21H2,1-4H3. The van der Waals surface area contributed by atoms with Crippen LogP contribution in [0.25, 0.3) is 0 Å². The van der Waals surface area contributed by atoms with Crippen molar-refractivity contribution in [2.24, 2.45) is 0 Å². The molecular formula is C33H41F2N3O6. The molecule has 1 N–H and O–H groups in total. The number of carbonyl (C=O) groups excluding carboxylic acids is 2. The predicted octanol–water partition coefficient (Wildman–Crippen LogP) is 5.24. The summed E-state index contributed by atoms with van der Waals surface area (Å²) in [6.07, 6.45) is 0.846. The molecule has 2 heterocycles. The first-order chi connectivity index (χ1) is 21.3. The van der Waals surface area contributed by atoms with Crippen LogP contribution in [0.5, 0.6) is 11.5 Å². The van der Waals surface area contributed by atoms with E-state index < -0.39 is 24.5 Å². The number of anilines is 1. The highest BCUT2D eigenvalue weighted by Crippen LogP contribution is 2.44. The monoisotopic (exact) mass is 613 g/mol. The van der Waals surface area contributed by atoms with Crippen molar-refractivity contribution in [3.63, 3.8) is 0 Å². The van der Waals surface area contributed by atoms with E-state index in [-0.39, 0.29) is 35.7 Å². The molecule has 1 saturated heterocycles. The predicted molar refractivity (Wildman–Crippen MR) is 163 cm³/mol. The van der Waals surface area contributed by atoms with Gasteiger partial charge >= 0.3 is 18.6 Å². The fraction of sp³-hybridized carbons (Fsp3) is 0.455. The van der Waals surface area contributed by atoms with Gasteiger partial charge in [0.15, 0.2) is 0 Å². The van der Waals surface area contributed by atoms with Crippen molar-refractivity contribution in [1.29, 1.82) is 0 Å². The highest BCUT2D eigenvalue weighted by Gasteiger charge is 2.40. The fourth-order valence-corrected chi connectivity index (χ4v) is 5.74. The summed E-state index contributed by atoms with van der Waals surface area (Å²) in [5.41, 5.74) is 2.77. The maximum absolute atomic E-state index is 13.8. The van der Waals surface area contributed by atoms with Crippen LogP contribution in [0.15, 0.2) is 71.1 Å². The number of dihydropyridines is 1. The topological polar surface area (TPSA) is 89.6 Å². The molecule has 2 aliphatic heterocycles. The Morgan fingerprint density at radius 3 is 2.05 bits per heavy atom. The number of benzene rings is 2. The van der Waals surface area contributed by atoms with E-state index >= 15 is 0 Å². The molecule has 0 radical (unpaired) electrons. The van der Waals surface area contributed by atoms with E-state index in [4.69, 9.17) is 18.9 Å². The zero-order valence-electron chi connectivity index (χ0n) is 25.7. The number of ether oxygens (including phenoxy) is 4. The quantitative estimate of drug-likeness (QED) is 0.305. The Morgan fingerprint density at radius 2 is 1.45 bits per heavy atom. The average molecular weight is 614 g/mol. The minimum absolute atomic E-state index is 0.107. The van der Waals surface area contributed by atoms with Gasteiger partial charge in [-0.3, -0.25) is 4.90 Å². The Morgan fingerprint density at radius 1 is 0.864 bits per heavy atom. The van der Waals surface area contributed by atoms with Gasteiger partial charge in [-0.15, -0.1) is 0 Å². The number of nitrogens with one attached hydrogen (secondary N) is 1. The number of halogens is 2. The van der Waals surface area contributed by atoms with Crippen LogP contribution in [0.3, 0.4) is 0 Å². The van der Waals surface area contributed by atoms with E-state index in [1.807, 2.05) is 38.1 Å². The summed E-state index contributed by atoms with van der Waals surface area (Å²) in [7, 11) is 1.66. The van der Waals surface area contributed by atoms with Gasteiger partial charge < -0.3 is 29.2 Å². The number of hydrogen-bond acceptors (Lipinski definition) is 9. The van der Waals surface area contributed by atoms with Crippen LogP contribution < -0.4 is 19.7 Å². The molecular weight excluding hydrogens is 572 g/mol. The van der Waals surface area contributed by atoms with Crippen LogP contribution >= 0.6 is 0 Å². The second kappa shape index (κ2) is 15.6. The first-order valence-corrected chi connectivity index (χ1v) is 15.0. The molecule has 2 aromatic carbocycles. The maximum Gasteiger partial charge on any atom is 0.387 e. The normalized spacial score (nSPS) is 17.4. The molecule has 0 saturated carbocycles. The number of esters is 2. The van der Waals surface area contributed by atoms with Crippen molar-refractivity contribution < 1.29 is 37.3 Å². The Labute approximate surface area is 257 Å². The van der Waals surface area contributed by atoms with Gasteiger partial charge in [-0.05, 0) is 38.0 Å². The molecule has 0 aliphatic carbocycles. The molecule has 44 heavy (non-hydrogen) atoms. The number of carbonyl (C=O) groups is 2. The largest absolute Gasteiger partial charge is 0.495 e. The summed E-state index contributed by atoms with van der Waals surface area (Å²) in [4.78, 5) is 31.7. The molecule has 0 aromatic heterocycles. The van der Waals surface area contributed by atoms with Gasteiger partial charge in [-0.1, -0.05) is 44.2 Å². The number of alkyl halides is 2. The maximum atomic E-state index is 13.8. The van der Waals surface area contributed by atoms with Crippen molar-refractivity contribution in [3.8, 4) is 11.5 Å². The number of para-hydroxylation sites is 3. The van der Waals surface area contributed by atoms with Gasteiger partial charge in [-0.2, -0.15) is 8.78 Å². The number of methoxy groups -OCH3 is 1. The SMILES string of the molecule is CCOC(=O)C1=C(CC)NC(CC)=C(C(=O)OCCN2CCN(c3ccccc3OC)CC2)C1c1ccccc1OC(F)F. The minimum Gasteiger partial charge on any atom is -0.495 e. The molecule has 1 atom stereocenters. The van der Waals surface area contributed by atoms with Crippen LogP contribution in [-0.2, 0) is 19.1 Å². The van der Waals surface area contributed by atoms with Crippen molar-refractivity contribution in [3.05, 3.63) is 76.6 Å². The molecule has 2 aromatic rings. The highest BCUT2D eigenvalue weighted by atomic mass is 19.3. The zero-order valence-corrected chi connectivity index (χ0v) is 25.7. The van der Waals surface area contributed by atoms with Gasteiger partial charge in [0.2, 0.25) is 0 Å². The molecule has 0 bridgehead atoms. The summed E-state index contributed by atoms with van der Waals surface area (Å²) < 4.78 is 48.4. The molecule has 11 heteroatoms. The Balaban J connectivity index is 1.54. The number of rotatable bonds is 13. The third-order valence-electron chi connectivity index (χ3n) is 7.84. The highest BCUT2D eigenvalue weighted by molar-refractivity contribution is 6.00. The molecule has 2 aliphatic rings. The van der Waals surface area contributed by atoms with Crippen molar-refractivity contribution in [1.82, 2.24) is 10.2 Å². The van der Waals surface area contributed by atoms with E-state index in [9.17, 15) is 18.4 Å². The first-order valence-electron chi connectivity index (χ1n) is 15.0. The van der Waals surface area contributed by atoms with Crippen LogP contribution in [-0.4, -0.2) is 76.5 Å². The molecule has 4 rings (SSSR count). The van der Waals surface area contributed by atoms with Crippen LogP contribution in [0.4, 0.5) is 14.5 Å². The third kappa shape index (κ3) is 7.50. The van der Waals surface area contributed by atoms with Gasteiger partial charge in [0.25, 0.3) is 0 Å². The molecule has 1 fully saturated rings. The van der Waals surface area contributed by atoms with Crippen LogP contribution in [0, 0.1) is 0 Å². The number of nitrogens with zero attached hydrogens (tertiary/aromatic N) is 2. The van der Waals surface area contributed by atoms with E-state index in [2.05, 4.69) is 15.1 Å². The van der Waals surface area contributed by atoms with E-state index in [0.29, 0.717) is 30.8 Å². The molecule has 1 unspecified atom stereocenters. The number of allylic oxidation sites excluding steroid dienone is 2. The van der Waals surface area contributed by atoms with Crippen molar-refractivity contribution >= 4 is 17.6 Å². The number of piperazine rings is 1. The van der Waals surface area contributed by atoms with Crippen LogP contribution in [0.2, 0.25) is 0 Å². The molecule has 9 nitrogen and oxygen atoms in total. The molecule has 0 spiro atoms. The lowest BCUT2D eigenvalue weighted by molar-refractivity contribution is -0.140. The van der Waals surface area contributed by atoms with Crippen LogP contribution in [0.1, 0.15) is 45.1 Å². The second-order valence-corrected chi connectivity index (χ2v) is 10.3. The van der Waals surface area contributed by atoms with E-state index in [0.717, 1.165) is 37.6 Å². The van der Waals surface area contributed by atoms with E-state index in [1.165, 1.54) is 6.07 Å². The van der Waals surface area contributed by atoms with Gasteiger partial charge in [0.1, 0.15) is 18.1 Å². The molecule has 0 amide bonds. The van der Waals surface area contributed by atoms with Crippen molar-refractivity contribution in [2.45, 2.75) is 46.1 Å².